The summed E-state index contributed by atoms with van der Waals surface area (Å²) in [6.07, 6.45) is 0. The summed E-state index contributed by atoms with van der Waals surface area (Å²) in [5, 5.41) is 3.19. The summed E-state index contributed by atoms with van der Waals surface area (Å²) >= 11 is 1.35. The SMILES string of the molecule is COc1ccc2c(c1)sc1c(NC(N)=O)c(C(N)=O)oc12. The van der Waals surface area contributed by atoms with Crippen LogP contribution in [0.25, 0.3) is 20.4 Å². The lowest BCUT2D eigenvalue weighted by Crippen LogP contribution is -2.21. The quantitative estimate of drug-likeness (QED) is 0.687. The average molecular weight is 305 g/mol. The Labute approximate surface area is 122 Å². The third-order valence-electron chi connectivity index (χ3n) is 2.98. The van der Waals surface area contributed by atoms with Crippen molar-refractivity contribution in [3.05, 3.63) is 24.0 Å². The number of hydrogen-bond donors (Lipinski definition) is 3. The molecule has 7 nitrogen and oxygen atoms in total. The van der Waals surface area contributed by atoms with Gasteiger partial charge in [-0.2, -0.15) is 0 Å². The molecule has 0 aliphatic rings. The Morgan fingerprint density at radius 1 is 1.33 bits per heavy atom. The molecule has 3 amide bonds. The van der Waals surface area contributed by atoms with Crippen LogP contribution in [-0.2, 0) is 0 Å². The monoisotopic (exact) mass is 305 g/mol. The molecule has 21 heavy (non-hydrogen) atoms. The van der Waals surface area contributed by atoms with E-state index in [9.17, 15) is 9.59 Å². The van der Waals surface area contributed by atoms with E-state index in [0.717, 1.165) is 10.1 Å². The van der Waals surface area contributed by atoms with Crippen LogP contribution in [0.5, 0.6) is 5.75 Å². The van der Waals surface area contributed by atoms with Gasteiger partial charge in [0.1, 0.15) is 11.4 Å². The molecule has 5 N–H and O–H groups in total. The number of carbonyl (C=O) groups excluding carboxylic acids is 2. The van der Waals surface area contributed by atoms with Gasteiger partial charge in [-0.25, -0.2) is 4.79 Å². The Bertz CT molecular complexity index is 880. The van der Waals surface area contributed by atoms with Gasteiger partial charge in [-0.15, -0.1) is 11.3 Å². The van der Waals surface area contributed by atoms with Gasteiger partial charge in [0, 0.05) is 10.1 Å². The molecule has 0 saturated heterocycles. The van der Waals surface area contributed by atoms with Gasteiger partial charge in [-0.3, -0.25) is 4.79 Å². The van der Waals surface area contributed by atoms with Crippen molar-refractivity contribution in [1.82, 2.24) is 0 Å². The number of methoxy groups -OCH3 is 1. The zero-order valence-electron chi connectivity index (χ0n) is 10.9. The number of ether oxygens (including phenoxy) is 1. The Hall–Kier alpha value is -2.74. The summed E-state index contributed by atoms with van der Waals surface area (Å²) in [4.78, 5) is 22.5. The number of urea groups is 1. The standard InChI is InChI=1S/C13H11N3O4S/c1-19-5-2-3-6-7(4-5)21-11-8(16-13(15)18)10(12(14)17)20-9(6)11/h2-4H,1H3,(H2,14,17)(H3,15,16,18). The Balaban J connectivity index is 2.32. The highest BCUT2D eigenvalue weighted by molar-refractivity contribution is 7.26. The number of rotatable bonds is 3. The van der Waals surface area contributed by atoms with E-state index in [1.807, 2.05) is 12.1 Å². The molecular weight excluding hydrogens is 294 g/mol. The third kappa shape index (κ3) is 2.05. The highest BCUT2D eigenvalue weighted by atomic mass is 32.1. The molecule has 8 heteroatoms. The summed E-state index contributed by atoms with van der Waals surface area (Å²) in [7, 11) is 1.57. The third-order valence-corrected chi connectivity index (χ3v) is 4.13. The van der Waals surface area contributed by atoms with Crippen molar-refractivity contribution in [2.24, 2.45) is 11.5 Å². The number of nitrogens with two attached hydrogens (primary N) is 2. The van der Waals surface area contributed by atoms with Crippen molar-refractivity contribution in [2.45, 2.75) is 0 Å². The fourth-order valence-corrected chi connectivity index (χ4v) is 3.27. The average Bonchev–Trinajstić information content (AvgIpc) is 2.94. The number of nitrogens with one attached hydrogen (secondary N) is 1. The molecule has 0 aliphatic carbocycles. The number of fused-ring (bicyclic) bond motifs is 3. The number of thiophene rings is 1. The molecule has 0 atom stereocenters. The fourth-order valence-electron chi connectivity index (χ4n) is 2.11. The Morgan fingerprint density at radius 3 is 2.71 bits per heavy atom. The van der Waals surface area contributed by atoms with Crippen LogP contribution in [0, 0.1) is 0 Å². The van der Waals surface area contributed by atoms with Crippen LogP contribution >= 0.6 is 11.3 Å². The lowest BCUT2D eigenvalue weighted by atomic mass is 10.2. The van der Waals surface area contributed by atoms with Gasteiger partial charge in [0.05, 0.1) is 11.8 Å². The van der Waals surface area contributed by atoms with Crippen LogP contribution in [0.4, 0.5) is 10.5 Å². The molecule has 2 aromatic heterocycles. The van der Waals surface area contributed by atoms with Crippen molar-refractivity contribution in [3.8, 4) is 5.75 Å². The molecule has 0 aliphatic heterocycles. The first-order valence-corrected chi connectivity index (χ1v) is 6.72. The van der Waals surface area contributed by atoms with Crippen molar-refractivity contribution in [2.75, 3.05) is 12.4 Å². The van der Waals surface area contributed by atoms with Crippen LogP contribution in [0.15, 0.2) is 22.6 Å². The van der Waals surface area contributed by atoms with Gasteiger partial charge in [0.25, 0.3) is 5.91 Å². The number of furan rings is 1. The maximum atomic E-state index is 11.4. The van der Waals surface area contributed by atoms with E-state index >= 15 is 0 Å². The molecule has 2 heterocycles. The maximum Gasteiger partial charge on any atom is 0.316 e. The molecule has 0 radical (unpaired) electrons. The van der Waals surface area contributed by atoms with Crippen LogP contribution in [0.2, 0.25) is 0 Å². The van der Waals surface area contributed by atoms with E-state index in [2.05, 4.69) is 5.32 Å². The van der Waals surface area contributed by atoms with Crippen LogP contribution in [0.3, 0.4) is 0 Å². The largest absolute Gasteiger partial charge is 0.497 e. The number of amides is 3. The summed E-state index contributed by atoms with van der Waals surface area (Å²) in [6.45, 7) is 0. The predicted molar refractivity (Wildman–Crippen MR) is 79.9 cm³/mol. The zero-order chi connectivity index (χ0) is 15.1. The van der Waals surface area contributed by atoms with Crippen LogP contribution < -0.4 is 21.5 Å². The summed E-state index contributed by atoms with van der Waals surface area (Å²) in [5.41, 5.74) is 11.1. The minimum absolute atomic E-state index is 0.118. The number of anilines is 1. The van der Waals surface area contributed by atoms with E-state index in [4.69, 9.17) is 20.6 Å². The molecule has 0 fully saturated rings. The molecule has 0 spiro atoms. The van der Waals surface area contributed by atoms with Gasteiger partial charge < -0.3 is 25.9 Å². The topological polar surface area (TPSA) is 121 Å². The number of hydrogen-bond acceptors (Lipinski definition) is 5. The minimum Gasteiger partial charge on any atom is -0.497 e. The van der Waals surface area contributed by atoms with Crippen molar-refractivity contribution >= 4 is 49.3 Å². The summed E-state index contributed by atoms with van der Waals surface area (Å²) < 4.78 is 12.2. The molecule has 3 rings (SSSR count). The molecule has 0 bridgehead atoms. The Kier molecular flexibility index (Phi) is 2.95. The molecule has 1 aromatic carbocycles. The zero-order valence-corrected chi connectivity index (χ0v) is 11.7. The van der Waals surface area contributed by atoms with Gasteiger partial charge >= 0.3 is 6.03 Å². The summed E-state index contributed by atoms with van der Waals surface area (Å²) in [5.74, 6) is -0.192. The number of carbonyl (C=O) groups is 2. The smallest absolute Gasteiger partial charge is 0.316 e. The van der Waals surface area contributed by atoms with E-state index in [1.54, 1.807) is 13.2 Å². The van der Waals surface area contributed by atoms with Gasteiger partial charge in [0.2, 0.25) is 5.76 Å². The normalized spacial score (nSPS) is 10.9. The van der Waals surface area contributed by atoms with E-state index in [-0.39, 0.29) is 11.4 Å². The van der Waals surface area contributed by atoms with Crippen LogP contribution in [-0.4, -0.2) is 19.0 Å². The highest BCUT2D eigenvalue weighted by Gasteiger charge is 2.23. The van der Waals surface area contributed by atoms with Crippen molar-refractivity contribution in [3.63, 3.8) is 0 Å². The predicted octanol–water partition coefficient (Wildman–Crippen LogP) is 2.25. The van der Waals surface area contributed by atoms with Gasteiger partial charge in [-0.05, 0) is 18.2 Å². The molecule has 0 unspecified atom stereocenters. The first-order valence-electron chi connectivity index (χ1n) is 5.90. The molecule has 0 saturated carbocycles. The fraction of sp³-hybridized carbons (Fsp3) is 0.0769. The second kappa shape index (κ2) is 4.67. The minimum atomic E-state index is -0.796. The van der Waals surface area contributed by atoms with Crippen molar-refractivity contribution < 1.29 is 18.7 Å². The number of benzene rings is 1. The lowest BCUT2D eigenvalue weighted by molar-refractivity contribution is 0.0977. The van der Waals surface area contributed by atoms with E-state index in [1.165, 1.54) is 11.3 Å². The molecule has 108 valence electrons. The van der Waals surface area contributed by atoms with E-state index in [0.29, 0.717) is 16.0 Å². The number of primary amides is 2. The first kappa shape index (κ1) is 13.3. The first-order chi connectivity index (χ1) is 10.0. The maximum absolute atomic E-state index is 11.4. The molecule has 3 aromatic rings. The second-order valence-electron chi connectivity index (χ2n) is 4.28. The van der Waals surface area contributed by atoms with Crippen LogP contribution in [0.1, 0.15) is 10.6 Å². The van der Waals surface area contributed by atoms with Crippen molar-refractivity contribution in [1.29, 1.82) is 0 Å². The Morgan fingerprint density at radius 2 is 2.10 bits per heavy atom. The van der Waals surface area contributed by atoms with E-state index < -0.39 is 11.9 Å². The molecular formula is C13H11N3O4S. The lowest BCUT2D eigenvalue weighted by Gasteiger charge is -2.00. The van der Waals surface area contributed by atoms with Gasteiger partial charge in [0.15, 0.2) is 5.58 Å². The second-order valence-corrected chi connectivity index (χ2v) is 5.33. The summed E-state index contributed by atoms with van der Waals surface area (Å²) in [6, 6.07) is 4.64. The highest BCUT2D eigenvalue weighted by Crippen LogP contribution is 2.43. The van der Waals surface area contributed by atoms with Gasteiger partial charge in [-0.1, -0.05) is 0 Å².